The summed E-state index contributed by atoms with van der Waals surface area (Å²) in [7, 11) is 0. The van der Waals surface area contributed by atoms with E-state index in [1.807, 2.05) is 4.90 Å². The van der Waals surface area contributed by atoms with Crippen LogP contribution in [-0.2, 0) is 6.54 Å². The summed E-state index contributed by atoms with van der Waals surface area (Å²) >= 11 is 5.88. The van der Waals surface area contributed by atoms with Crippen LogP contribution in [0, 0.1) is 5.82 Å². The molecular formula is C22H23ClFN5O2. The molecule has 7 nitrogen and oxygen atoms in total. The third kappa shape index (κ3) is 5.03. The highest BCUT2D eigenvalue weighted by Gasteiger charge is 2.20. The fraction of sp³-hybridized carbons (Fsp3) is 0.318. The molecule has 0 aliphatic carbocycles. The van der Waals surface area contributed by atoms with Gasteiger partial charge in [-0.15, -0.1) is 0 Å². The summed E-state index contributed by atoms with van der Waals surface area (Å²) in [5.74, 6) is -0.156. The molecule has 1 aliphatic heterocycles. The average molecular weight is 444 g/mol. The molecule has 4 rings (SSSR count). The molecule has 0 bridgehead atoms. The molecule has 9 heteroatoms. The summed E-state index contributed by atoms with van der Waals surface area (Å²) in [6, 6.07) is 11.6. The lowest BCUT2D eigenvalue weighted by Gasteiger charge is -2.35. The number of amides is 1. The smallest absolute Gasteiger partial charge is 0.251 e. The van der Waals surface area contributed by atoms with E-state index in [1.54, 1.807) is 36.4 Å². The quantitative estimate of drug-likeness (QED) is 0.627. The van der Waals surface area contributed by atoms with Crippen LogP contribution in [0.1, 0.15) is 23.2 Å². The van der Waals surface area contributed by atoms with E-state index in [1.165, 1.54) is 6.07 Å². The van der Waals surface area contributed by atoms with Gasteiger partial charge in [-0.2, -0.15) is 4.98 Å². The molecule has 0 saturated carbocycles. The molecule has 1 aliphatic rings. The first-order valence-electron chi connectivity index (χ1n) is 10.2. The fourth-order valence-corrected chi connectivity index (χ4v) is 3.64. The molecule has 0 radical (unpaired) electrons. The van der Waals surface area contributed by atoms with Crippen LogP contribution in [0.25, 0.3) is 11.4 Å². The third-order valence-corrected chi connectivity index (χ3v) is 5.59. The van der Waals surface area contributed by atoms with Gasteiger partial charge in [0.05, 0.1) is 12.2 Å². The number of likely N-dealkylation sites (N-methyl/N-ethyl adjacent to an activating group) is 1. The van der Waals surface area contributed by atoms with Crippen LogP contribution in [0.15, 0.2) is 47.0 Å². The minimum absolute atomic E-state index is 0.0434. The number of hydrogen-bond donors (Lipinski definition) is 1. The SMILES string of the molecule is CCN1CCN(c2ccc(C(=O)NCc3nc(-c4ccc(Cl)cc4)no3)cc2F)CC1. The number of anilines is 1. The summed E-state index contributed by atoms with van der Waals surface area (Å²) in [6.45, 7) is 6.50. The Balaban J connectivity index is 1.36. The Morgan fingerprint density at radius 1 is 1.16 bits per heavy atom. The Morgan fingerprint density at radius 3 is 2.58 bits per heavy atom. The summed E-state index contributed by atoms with van der Waals surface area (Å²) in [4.78, 5) is 21.1. The number of hydrogen-bond acceptors (Lipinski definition) is 6. The van der Waals surface area contributed by atoms with E-state index in [0.717, 1.165) is 38.3 Å². The molecule has 3 aromatic rings. The summed E-state index contributed by atoms with van der Waals surface area (Å²) in [6.07, 6.45) is 0. The Labute approximate surface area is 184 Å². The lowest BCUT2D eigenvalue weighted by molar-refractivity contribution is 0.0946. The normalized spacial score (nSPS) is 14.6. The van der Waals surface area contributed by atoms with Gasteiger partial charge in [0.15, 0.2) is 0 Å². The molecule has 1 amide bonds. The van der Waals surface area contributed by atoms with E-state index in [4.69, 9.17) is 16.1 Å². The maximum atomic E-state index is 14.7. The summed E-state index contributed by atoms with van der Waals surface area (Å²) < 4.78 is 19.9. The predicted molar refractivity (Wildman–Crippen MR) is 117 cm³/mol. The zero-order valence-corrected chi connectivity index (χ0v) is 17.9. The van der Waals surface area contributed by atoms with Crippen molar-refractivity contribution in [2.75, 3.05) is 37.6 Å². The van der Waals surface area contributed by atoms with Crippen molar-refractivity contribution in [2.45, 2.75) is 13.5 Å². The molecule has 1 aromatic heterocycles. The van der Waals surface area contributed by atoms with Crippen LogP contribution in [0.2, 0.25) is 5.02 Å². The Kier molecular flexibility index (Phi) is 6.48. The second-order valence-electron chi connectivity index (χ2n) is 7.29. The van der Waals surface area contributed by atoms with Crippen LogP contribution in [-0.4, -0.2) is 53.7 Å². The van der Waals surface area contributed by atoms with Gasteiger partial charge in [-0.05, 0) is 49.0 Å². The Morgan fingerprint density at radius 2 is 1.90 bits per heavy atom. The van der Waals surface area contributed by atoms with E-state index >= 15 is 0 Å². The topological polar surface area (TPSA) is 74.5 Å². The number of carbonyl (C=O) groups is 1. The lowest BCUT2D eigenvalue weighted by Crippen LogP contribution is -2.46. The molecular weight excluding hydrogens is 421 g/mol. The van der Waals surface area contributed by atoms with Crippen molar-refractivity contribution in [3.63, 3.8) is 0 Å². The number of piperazine rings is 1. The molecule has 2 heterocycles. The number of carbonyl (C=O) groups excluding carboxylic acids is 1. The van der Waals surface area contributed by atoms with E-state index in [0.29, 0.717) is 16.5 Å². The molecule has 2 aromatic carbocycles. The first-order valence-corrected chi connectivity index (χ1v) is 10.5. The van der Waals surface area contributed by atoms with E-state index in [9.17, 15) is 9.18 Å². The number of aromatic nitrogens is 2. The Bertz CT molecular complexity index is 1050. The number of nitrogens with one attached hydrogen (secondary N) is 1. The van der Waals surface area contributed by atoms with E-state index in [2.05, 4.69) is 27.3 Å². The van der Waals surface area contributed by atoms with Gasteiger partial charge < -0.3 is 19.6 Å². The van der Waals surface area contributed by atoms with E-state index in [-0.39, 0.29) is 18.0 Å². The molecule has 0 atom stereocenters. The second-order valence-corrected chi connectivity index (χ2v) is 7.73. The van der Waals surface area contributed by atoms with Crippen LogP contribution >= 0.6 is 11.6 Å². The van der Waals surface area contributed by atoms with Gasteiger partial charge in [0.25, 0.3) is 5.91 Å². The van der Waals surface area contributed by atoms with Gasteiger partial charge in [-0.1, -0.05) is 23.7 Å². The second kappa shape index (κ2) is 9.45. The summed E-state index contributed by atoms with van der Waals surface area (Å²) in [5.41, 5.74) is 1.52. The minimum Gasteiger partial charge on any atom is -0.367 e. The standard InChI is InChI=1S/C22H23ClFN5O2/c1-2-28-9-11-29(12-10-28)19-8-5-16(13-18(19)24)22(30)25-14-20-26-21(27-31-20)15-3-6-17(23)7-4-15/h3-8,13H,2,9-12,14H2,1H3,(H,25,30). The van der Waals surface area contributed by atoms with Gasteiger partial charge in [-0.3, -0.25) is 4.79 Å². The highest BCUT2D eigenvalue weighted by atomic mass is 35.5. The van der Waals surface area contributed by atoms with Crippen LogP contribution < -0.4 is 10.2 Å². The summed E-state index contributed by atoms with van der Waals surface area (Å²) in [5, 5.41) is 7.20. The number of rotatable bonds is 6. The van der Waals surface area contributed by atoms with Crippen LogP contribution in [0.5, 0.6) is 0 Å². The van der Waals surface area contributed by atoms with Gasteiger partial charge >= 0.3 is 0 Å². The average Bonchev–Trinajstić information content (AvgIpc) is 3.27. The van der Waals surface area contributed by atoms with Crippen LogP contribution in [0.4, 0.5) is 10.1 Å². The zero-order chi connectivity index (χ0) is 21.8. The Hall–Kier alpha value is -2.97. The molecule has 1 saturated heterocycles. The van der Waals surface area contributed by atoms with E-state index < -0.39 is 11.7 Å². The van der Waals surface area contributed by atoms with Crippen molar-refractivity contribution in [3.05, 3.63) is 64.8 Å². The molecule has 1 N–H and O–H groups in total. The van der Waals surface area contributed by atoms with Crippen molar-refractivity contribution in [3.8, 4) is 11.4 Å². The highest BCUT2D eigenvalue weighted by molar-refractivity contribution is 6.30. The van der Waals surface area contributed by atoms with Gasteiger partial charge in [0.2, 0.25) is 11.7 Å². The molecule has 31 heavy (non-hydrogen) atoms. The van der Waals surface area contributed by atoms with Crippen molar-refractivity contribution < 1.29 is 13.7 Å². The fourth-order valence-electron chi connectivity index (χ4n) is 3.51. The molecule has 162 valence electrons. The van der Waals surface area contributed by atoms with Crippen molar-refractivity contribution >= 4 is 23.2 Å². The van der Waals surface area contributed by atoms with Crippen molar-refractivity contribution in [1.29, 1.82) is 0 Å². The number of nitrogens with zero attached hydrogens (tertiary/aromatic N) is 4. The largest absolute Gasteiger partial charge is 0.367 e. The first kappa shape index (κ1) is 21.3. The van der Waals surface area contributed by atoms with Crippen LogP contribution in [0.3, 0.4) is 0 Å². The molecule has 0 unspecified atom stereocenters. The first-order chi connectivity index (χ1) is 15.0. The van der Waals surface area contributed by atoms with Crippen molar-refractivity contribution in [2.24, 2.45) is 0 Å². The lowest BCUT2D eigenvalue weighted by atomic mass is 10.1. The molecule has 0 spiro atoms. The molecule has 1 fully saturated rings. The third-order valence-electron chi connectivity index (χ3n) is 5.34. The highest BCUT2D eigenvalue weighted by Crippen LogP contribution is 2.22. The number of halogens is 2. The number of benzene rings is 2. The minimum atomic E-state index is -0.410. The predicted octanol–water partition coefficient (Wildman–Crippen LogP) is 3.60. The zero-order valence-electron chi connectivity index (χ0n) is 17.1. The van der Waals surface area contributed by atoms with Gasteiger partial charge in [-0.25, -0.2) is 4.39 Å². The maximum Gasteiger partial charge on any atom is 0.251 e. The van der Waals surface area contributed by atoms with Crippen molar-refractivity contribution in [1.82, 2.24) is 20.4 Å². The maximum absolute atomic E-state index is 14.7. The van der Waals surface area contributed by atoms with Gasteiger partial charge in [0.1, 0.15) is 5.82 Å². The monoisotopic (exact) mass is 443 g/mol. The van der Waals surface area contributed by atoms with Gasteiger partial charge in [0, 0.05) is 42.3 Å².